The Labute approximate surface area is 176 Å². The number of hydrogen-bond acceptors (Lipinski definition) is 4. The molecule has 0 bridgehead atoms. The number of hydrogen-bond donors (Lipinski definition) is 1. The van der Waals surface area contributed by atoms with Crippen LogP contribution in [0.15, 0.2) is 42.5 Å². The van der Waals surface area contributed by atoms with Crippen LogP contribution < -0.4 is 14.8 Å². The minimum atomic E-state index is -0.270. The van der Waals surface area contributed by atoms with Crippen LogP contribution in [0.1, 0.15) is 54.9 Å². The first-order chi connectivity index (χ1) is 13.9. The second-order valence-electron chi connectivity index (χ2n) is 7.36. The summed E-state index contributed by atoms with van der Waals surface area (Å²) in [6, 6.07) is 12.8. The lowest BCUT2D eigenvalue weighted by atomic mass is 9.71. The number of ether oxygens (including phenoxy) is 2. The molecule has 2 aromatic rings. The smallest absolute Gasteiger partial charge is 0.220 e. The largest absolute Gasteiger partial charge is 0.493 e. The molecule has 0 radical (unpaired) electrons. The van der Waals surface area contributed by atoms with Crippen LogP contribution in [0.3, 0.4) is 0 Å². The van der Waals surface area contributed by atoms with Gasteiger partial charge in [-0.1, -0.05) is 23.7 Å². The average Bonchev–Trinajstić information content (AvgIpc) is 2.68. The van der Waals surface area contributed by atoms with Gasteiger partial charge in [0.2, 0.25) is 5.91 Å². The van der Waals surface area contributed by atoms with Crippen molar-refractivity contribution >= 4 is 23.3 Å². The van der Waals surface area contributed by atoms with Crippen LogP contribution in [0, 0.1) is 0 Å². The lowest BCUT2D eigenvalue weighted by molar-refractivity contribution is -0.124. The first-order valence-corrected chi connectivity index (χ1v) is 10.2. The van der Waals surface area contributed by atoms with Crippen molar-refractivity contribution < 1.29 is 19.1 Å². The summed E-state index contributed by atoms with van der Waals surface area (Å²) in [5.74, 6) is 1.06. The zero-order valence-corrected chi connectivity index (χ0v) is 17.6. The van der Waals surface area contributed by atoms with E-state index in [1.165, 1.54) is 14.0 Å². The van der Waals surface area contributed by atoms with Gasteiger partial charge < -0.3 is 14.8 Å². The Morgan fingerprint density at radius 2 is 1.83 bits per heavy atom. The molecule has 2 aromatic carbocycles. The van der Waals surface area contributed by atoms with E-state index in [1.807, 2.05) is 24.3 Å². The van der Waals surface area contributed by atoms with E-state index in [9.17, 15) is 9.59 Å². The molecule has 1 saturated carbocycles. The van der Waals surface area contributed by atoms with Gasteiger partial charge in [-0.3, -0.25) is 9.59 Å². The van der Waals surface area contributed by atoms with Gasteiger partial charge in [-0.05, 0) is 68.5 Å². The fraction of sp³-hybridized carbons (Fsp3) is 0.391. The number of nitrogens with one attached hydrogen (secondary N) is 1. The maximum atomic E-state index is 12.5. The third kappa shape index (κ3) is 5.10. The molecule has 0 saturated heterocycles. The summed E-state index contributed by atoms with van der Waals surface area (Å²) in [6.45, 7) is 1.89. The molecule has 0 aliphatic heterocycles. The van der Waals surface area contributed by atoms with Gasteiger partial charge in [0.25, 0.3) is 0 Å². The Morgan fingerprint density at radius 3 is 2.41 bits per heavy atom. The highest BCUT2D eigenvalue weighted by atomic mass is 35.5. The highest BCUT2D eigenvalue weighted by molar-refractivity contribution is 6.30. The first-order valence-electron chi connectivity index (χ1n) is 9.82. The lowest BCUT2D eigenvalue weighted by Crippen LogP contribution is -2.50. The second-order valence-corrected chi connectivity index (χ2v) is 7.80. The molecule has 3 rings (SSSR count). The molecule has 29 heavy (non-hydrogen) atoms. The van der Waals surface area contributed by atoms with Crippen LogP contribution in [-0.4, -0.2) is 25.4 Å². The quantitative estimate of drug-likeness (QED) is 0.467. The fourth-order valence-corrected chi connectivity index (χ4v) is 3.66. The summed E-state index contributed by atoms with van der Waals surface area (Å²) < 4.78 is 11.0. The molecule has 1 aliphatic rings. The van der Waals surface area contributed by atoms with Crippen LogP contribution in [0.4, 0.5) is 0 Å². The van der Waals surface area contributed by atoms with Crippen LogP contribution in [0.25, 0.3) is 0 Å². The van der Waals surface area contributed by atoms with Crippen molar-refractivity contribution in [3.8, 4) is 11.5 Å². The van der Waals surface area contributed by atoms with Crippen molar-refractivity contribution in [2.24, 2.45) is 0 Å². The van der Waals surface area contributed by atoms with Crippen molar-refractivity contribution in [1.82, 2.24) is 5.32 Å². The standard InChI is InChI=1S/C23H26ClNO4/c1-16(26)17-6-11-20(21(15-17)28-2)29-14-3-5-22(27)25-23(12-4-13-23)18-7-9-19(24)10-8-18/h6-11,15H,3-5,12-14H2,1-2H3,(H,25,27). The Bertz CT molecular complexity index is 875. The molecule has 0 spiro atoms. The van der Waals surface area contributed by atoms with Crippen LogP contribution in [0.2, 0.25) is 5.02 Å². The zero-order valence-electron chi connectivity index (χ0n) is 16.8. The van der Waals surface area contributed by atoms with Crippen LogP contribution in [-0.2, 0) is 10.3 Å². The Morgan fingerprint density at radius 1 is 1.10 bits per heavy atom. The van der Waals surface area contributed by atoms with E-state index in [0.29, 0.717) is 41.5 Å². The average molecular weight is 416 g/mol. The SMILES string of the molecule is COc1cc(C(C)=O)ccc1OCCCC(=O)NC1(c2ccc(Cl)cc2)CCC1. The highest BCUT2D eigenvalue weighted by Gasteiger charge is 2.39. The molecule has 1 aliphatic carbocycles. The molecular formula is C23H26ClNO4. The summed E-state index contributed by atoms with van der Waals surface area (Å²) in [6.07, 6.45) is 3.94. The van der Waals surface area contributed by atoms with E-state index in [-0.39, 0.29) is 17.2 Å². The van der Waals surface area contributed by atoms with Crippen LogP contribution in [0.5, 0.6) is 11.5 Å². The highest BCUT2D eigenvalue weighted by Crippen LogP contribution is 2.41. The minimum absolute atomic E-state index is 0.0159. The topological polar surface area (TPSA) is 64.6 Å². The predicted molar refractivity (Wildman–Crippen MR) is 113 cm³/mol. The number of methoxy groups -OCH3 is 1. The number of ketones is 1. The van der Waals surface area contributed by atoms with E-state index in [2.05, 4.69) is 5.32 Å². The summed E-state index contributed by atoms with van der Waals surface area (Å²) in [5, 5.41) is 3.90. The number of carbonyl (C=O) groups is 2. The molecule has 0 heterocycles. The molecule has 6 heteroatoms. The normalized spacial score (nSPS) is 14.6. The molecule has 1 fully saturated rings. The number of rotatable bonds is 9. The Kier molecular flexibility index (Phi) is 6.80. The van der Waals surface area contributed by atoms with Gasteiger partial charge in [0.15, 0.2) is 17.3 Å². The molecule has 154 valence electrons. The third-order valence-electron chi connectivity index (χ3n) is 5.36. The monoisotopic (exact) mass is 415 g/mol. The van der Waals surface area contributed by atoms with Crippen molar-refractivity contribution in [2.75, 3.05) is 13.7 Å². The maximum absolute atomic E-state index is 12.5. The second kappa shape index (κ2) is 9.31. The predicted octanol–water partition coefficient (Wildman–Crippen LogP) is 4.91. The number of amides is 1. The van der Waals surface area contributed by atoms with Crippen molar-refractivity contribution in [1.29, 1.82) is 0 Å². The van der Waals surface area contributed by atoms with Gasteiger partial charge in [-0.25, -0.2) is 0 Å². The Hall–Kier alpha value is -2.53. The zero-order chi connectivity index (χ0) is 20.9. The van der Waals surface area contributed by atoms with Crippen molar-refractivity contribution in [2.45, 2.75) is 44.6 Å². The Balaban J connectivity index is 1.50. The number of benzene rings is 2. The van der Waals surface area contributed by atoms with Gasteiger partial charge in [0.1, 0.15) is 0 Å². The van der Waals surface area contributed by atoms with E-state index in [4.69, 9.17) is 21.1 Å². The number of halogens is 1. The fourth-order valence-electron chi connectivity index (χ4n) is 3.54. The summed E-state index contributed by atoms with van der Waals surface area (Å²) in [4.78, 5) is 24.0. The van der Waals surface area contributed by atoms with Crippen LogP contribution >= 0.6 is 11.6 Å². The number of Topliss-reactive ketones (excluding diaryl/α,β-unsaturated/α-hetero) is 1. The first kappa shape index (κ1) is 21.2. The van der Waals surface area contributed by atoms with Crippen molar-refractivity contribution in [3.63, 3.8) is 0 Å². The molecule has 1 N–H and O–H groups in total. The lowest BCUT2D eigenvalue weighted by Gasteiger charge is -2.43. The molecule has 0 aromatic heterocycles. The van der Waals surface area contributed by atoms with E-state index in [1.54, 1.807) is 18.2 Å². The van der Waals surface area contributed by atoms with Gasteiger partial charge in [-0.2, -0.15) is 0 Å². The molecular weight excluding hydrogens is 390 g/mol. The summed E-state index contributed by atoms with van der Waals surface area (Å²) in [5.41, 5.74) is 1.41. The van der Waals surface area contributed by atoms with E-state index >= 15 is 0 Å². The minimum Gasteiger partial charge on any atom is -0.493 e. The van der Waals surface area contributed by atoms with Gasteiger partial charge >= 0.3 is 0 Å². The van der Waals surface area contributed by atoms with Crippen molar-refractivity contribution in [3.05, 3.63) is 58.6 Å². The number of carbonyl (C=O) groups excluding carboxylic acids is 2. The van der Waals surface area contributed by atoms with Gasteiger partial charge in [0.05, 0.1) is 19.3 Å². The van der Waals surface area contributed by atoms with E-state index in [0.717, 1.165) is 24.8 Å². The summed E-state index contributed by atoms with van der Waals surface area (Å²) in [7, 11) is 1.54. The molecule has 0 unspecified atom stereocenters. The van der Waals surface area contributed by atoms with Gasteiger partial charge in [0, 0.05) is 17.0 Å². The molecule has 5 nitrogen and oxygen atoms in total. The van der Waals surface area contributed by atoms with Gasteiger partial charge in [-0.15, -0.1) is 0 Å². The maximum Gasteiger partial charge on any atom is 0.220 e. The third-order valence-corrected chi connectivity index (χ3v) is 5.61. The molecule has 0 atom stereocenters. The van der Waals surface area contributed by atoms with E-state index < -0.39 is 0 Å². The molecule has 1 amide bonds. The summed E-state index contributed by atoms with van der Waals surface area (Å²) >= 11 is 5.98.